The van der Waals surface area contributed by atoms with Crippen molar-refractivity contribution in [1.82, 2.24) is 9.55 Å². The minimum Gasteiger partial charge on any atom is -0.324 e. The molecule has 0 radical (unpaired) electrons. The van der Waals surface area contributed by atoms with Crippen molar-refractivity contribution in [3.63, 3.8) is 0 Å². The fourth-order valence-corrected chi connectivity index (χ4v) is 2.70. The number of hydrogen-bond donors (Lipinski definition) is 1. The van der Waals surface area contributed by atoms with Crippen molar-refractivity contribution < 1.29 is 0 Å². The Kier molecular flexibility index (Phi) is 3.52. The maximum absolute atomic E-state index is 6.27. The van der Waals surface area contributed by atoms with E-state index >= 15 is 0 Å². The lowest BCUT2D eigenvalue weighted by atomic mass is 10.0. The van der Waals surface area contributed by atoms with Gasteiger partial charge in [-0.25, -0.2) is 4.98 Å². The predicted octanol–water partition coefficient (Wildman–Crippen LogP) is 4.05. The molecule has 0 unspecified atom stereocenters. The number of para-hydroxylation sites is 1. The number of benzene rings is 2. The van der Waals surface area contributed by atoms with Crippen molar-refractivity contribution in [3.8, 4) is 5.69 Å². The maximum Gasteiger partial charge on any atom is 0.100 e. The number of aryl methyl sites for hydroxylation is 2. The molecular formula is C18H21N3. The SMILES string of the molecule is CC[C@H](N)c1ccccc1-n1cnc2cc(C)c(C)cc21. The average molecular weight is 279 g/mol. The van der Waals surface area contributed by atoms with Crippen molar-refractivity contribution in [3.05, 3.63) is 59.4 Å². The summed E-state index contributed by atoms with van der Waals surface area (Å²) in [6, 6.07) is 12.7. The lowest BCUT2D eigenvalue weighted by molar-refractivity contribution is 0.693. The number of rotatable bonds is 3. The molecule has 0 saturated carbocycles. The zero-order chi connectivity index (χ0) is 15.0. The second-order valence-electron chi connectivity index (χ2n) is 5.61. The number of nitrogens with two attached hydrogens (primary N) is 1. The molecule has 1 atom stereocenters. The van der Waals surface area contributed by atoms with Crippen molar-refractivity contribution in [2.75, 3.05) is 0 Å². The van der Waals surface area contributed by atoms with E-state index in [0.717, 1.165) is 28.7 Å². The fraction of sp³-hybridized carbons (Fsp3) is 0.278. The van der Waals surface area contributed by atoms with E-state index in [9.17, 15) is 0 Å². The third kappa shape index (κ3) is 2.34. The van der Waals surface area contributed by atoms with E-state index in [-0.39, 0.29) is 6.04 Å². The third-order valence-electron chi connectivity index (χ3n) is 4.20. The van der Waals surface area contributed by atoms with Gasteiger partial charge < -0.3 is 5.73 Å². The Morgan fingerprint density at radius 2 is 1.86 bits per heavy atom. The van der Waals surface area contributed by atoms with Crippen LogP contribution >= 0.6 is 0 Å². The lowest BCUT2D eigenvalue weighted by Gasteiger charge is -2.16. The monoisotopic (exact) mass is 279 g/mol. The second kappa shape index (κ2) is 5.34. The van der Waals surface area contributed by atoms with Crippen LogP contribution in [0.1, 0.15) is 36.1 Å². The van der Waals surface area contributed by atoms with Crippen LogP contribution in [0.15, 0.2) is 42.7 Å². The molecule has 1 aromatic heterocycles. The summed E-state index contributed by atoms with van der Waals surface area (Å²) in [4.78, 5) is 4.55. The summed E-state index contributed by atoms with van der Waals surface area (Å²) in [5.74, 6) is 0. The smallest absolute Gasteiger partial charge is 0.100 e. The molecule has 3 rings (SSSR count). The number of imidazole rings is 1. The molecule has 108 valence electrons. The van der Waals surface area contributed by atoms with Gasteiger partial charge in [-0.1, -0.05) is 25.1 Å². The number of nitrogens with zero attached hydrogens (tertiary/aromatic N) is 2. The molecule has 0 fully saturated rings. The van der Waals surface area contributed by atoms with Gasteiger partial charge in [0.05, 0.1) is 16.7 Å². The van der Waals surface area contributed by atoms with E-state index in [4.69, 9.17) is 5.73 Å². The summed E-state index contributed by atoms with van der Waals surface area (Å²) in [5.41, 5.74) is 13.3. The van der Waals surface area contributed by atoms with Crippen LogP contribution in [0, 0.1) is 13.8 Å². The van der Waals surface area contributed by atoms with Crippen LogP contribution < -0.4 is 5.73 Å². The van der Waals surface area contributed by atoms with Crippen LogP contribution in [0.4, 0.5) is 0 Å². The summed E-state index contributed by atoms with van der Waals surface area (Å²) in [5, 5.41) is 0. The van der Waals surface area contributed by atoms with Crippen LogP contribution in [0.5, 0.6) is 0 Å². The maximum atomic E-state index is 6.27. The molecule has 1 heterocycles. The Balaban J connectivity index is 2.24. The van der Waals surface area contributed by atoms with Crippen LogP contribution in [0.25, 0.3) is 16.7 Å². The topological polar surface area (TPSA) is 43.8 Å². The Morgan fingerprint density at radius 1 is 1.14 bits per heavy atom. The molecule has 0 aliphatic carbocycles. The molecule has 0 spiro atoms. The molecule has 3 nitrogen and oxygen atoms in total. The Hall–Kier alpha value is -2.13. The average Bonchev–Trinajstić information content (AvgIpc) is 2.89. The van der Waals surface area contributed by atoms with Crippen LogP contribution in [-0.2, 0) is 0 Å². The van der Waals surface area contributed by atoms with E-state index in [0.29, 0.717) is 0 Å². The first-order valence-corrected chi connectivity index (χ1v) is 7.41. The molecule has 3 aromatic rings. The van der Waals surface area contributed by atoms with Gasteiger partial charge in [-0.2, -0.15) is 0 Å². The van der Waals surface area contributed by atoms with Crippen molar-refractivity contribution in [2.24, 2.45) is 5.73 Å². The van der Waals surface area contributed by atoms with Crippen LogP contribution in [0.2, 0.25) is 0 Å². The molecule has 0 aliphatic heterocycles. The molecular weight excluding hydrogens is 258 g/mol. The van der Waals surface area contributed by atoms with E-state index in [2.05, 4.69) is 54.6 Å². The zero-order valence-electron chi connectivity index (χ0n) is 12.8. The second-order valence-corrected chi connectivity index (χ2v) is 5.61. The first kappa shape index (κ1) is 13.8. The molecule has 21 heavy (non-hydrogen) atoms. The van der Waals surface area contributed by atoms with Crippen LogP contribution in [0.3, 0.4) is 0 Å². The normalized spacial score (nSPS) is 12.8. The van der Waals surface area contributed by atoms with Gasteiger partial charge in [0.15, 0.2) is 0 Å². The van der Waals surface area contributed by atoms with Gasteiger partial charge in [0.2, 0.25) is 0 Å². The number of fused-ring (bicyclic) bond motifs is 1. The highest BCUT2D eigenvalue weighted by molar-refractivity contribution is 5.79. The first-order chi connectivity index (χ1) is 10.1. The summed E-state index contributed by atoms with van der Waals surface area (Å²) in [6.07, 6.45) is 2.81. The molecule has 2 N–H and O–H groups in total. The quantitative estimate of drug-likeness (QED) is 0.786. The summed E-state index contributed by atoms with van der Waals surface area (Å²) >= 11 is 0. The van der Waals surface area contributed by atoms with Gasteiger partial charge >= 0.3 is 0 Å². The molecule has 0 saturated heterocycles. The molecule has 0 amide bonds. The zero-order valence-corrected chi connectivity index (χ0v) is 12.8. The van der Waals surface area contributed by atoms with Gasteiger partial charge in [0.1, 0.15) is 6.33 Å². The lowest BCUT2D eigenvalue weighted by Crippen LogP contribution is -2.12. The van der Waals surface area contributed by atoms with Gasteiger partial charge in [-0.3, -0.25) is 4.57 Å². The fourth-order valence-electron chi connectivity index (χ4n) is 2.70. The van der Waals surface area contributed by atoms with Gasteiger partial charge in [-0.05, 0) is 55.2 Å². The molecule has 0 aliphatic rings. The van der Waals surface area contributed by atoms with E-state index < -0.39 is 0 Å². The summed E-state index contributed by atoms with van der Waals surface area (Å²) in [7, 11) is 0. The minimum absolute atomic E-state index is 0.0465. The Bertz CT molecular complexity index is 786. The molecule has 0 bridgehead atoms. The molecule has 3 heteroatoms. The Morgan fingerprint density at radius 3 is 2.62 bits per heavy atom. The third-order valence-corrected chi connectivity index (χ3v) is 4.20. The van der Waals surface area contributed by atoms with Crippen molar-refractivity contribution >= 4 is 11.0 Å². The molecule has 2 aromatic carbocycles. The highest BCUT2D eigenvalue weighted by atomic mass is 15.1. The van der Waals surface area contributed by atoms with E-state index in [1.165, 1.54) is 11.1 Å². The standard InChI is InChI=1S/C18H21N3/c1-4-15(19)14-7-5-6-8-17(14)21-11-20-16-9-12(2)13(3)10-18(16)21/h5-11,15H,4,19H2,1-3H3/t15-/m0/s1. The Labute approximate surface area is 125 Å². The first-order valence-electron chi connectivity index (χ1n) is 7.41. The van der Waals surface area contributed by atoms with Gasteiger partial charge in [0, 0.05) is 6.04 Å². The largest absolute Gasteiger partial charge is 0.324 e. The van der Waals surface area contributed by atoms with Crippen molar-refractivity contribution in [1.29, 1.82) is 0 Å². The van der Waals surface area contributed by atoms with Gasteiger partial charge in [0.25, 0.3) is 0 Å². The number of aromatic nitrogens is 2. The minimum atomic E-state index is 0.0465. The summed E-state index contributed by atoms with van der Waals surface area (Å²) < 4.78 is 2.15. The summed E-state index contributed by atoms with van der Waals surface area (Å²) in [6.45, 7) is 6.37. The highest BCUT2D eigenvalue weighted by Gasteiger charge is 2.13. The van der Waals surface area contributed by atoms with Crippen LogP contribution in [-0.4, -0.2) is 9.55 Å². The predicted molar refractivity (Wildman–Crippen MR) is 87.8 cm³/mol. The van der Waals surface area contributed by atoms with E-state index in [1.54, 1.807) is 0 Å². The van der Waals surface area contributed by atoms with Crippen molar-refractivity contribution in [2.45, 2.75) is 33.2 Å². The highest BCUT2D eigenvalue weighted by Crippen LogP contribution is 2.27. The van der Waals surface area contributed by atoms with Gasteiger partial charge in [-0.15, -0.1) is 0 Å². The van der Waals surface area contributed by atoms with E-state index in [1.807, 2.05) is 18.5 Å². The number of hydrogen-bond acceptors (Lipinski definition) is 2.